The monoisotopic (exact) mass is 311 g/mol. The summed E-state index contributed by atoms with van der Waals surface area (Å²) in [5.41, 5.74) is 1.49. The minimum atomic E-state index is -0.881. The second kappa shape index (κ2) is 5.85. The van der Waals surface area contributed by atoms with Gasteiger partial charge in [0.25, 0.3) is 0 Å². The van der Waals surface area contributed by atoms with Crippen LogP contribution in [0.5, 0.6) is 0 Å². The maximum Gasteiger partial charge on any atom is 0.335 e. The number of aromatic carboxylic acids is 1. The summed E-state index contributed by atoms with van der Waals surface area (Å²) in [7, 11) is 0. The van der Waals surface area contributed by atoms with Crippen molar-refractivity contribution in [3.63, 3.8) is 0 Å². The van der Waals surface area contributed by atoms with Crippen LogP contribution in [0.2, 0.25) is 0 Å². The highest BCUT2D eigenvalue weighted by Crippen LogP contribution is 2.24. The number of likely N-dealkylation sites (tertiary alicyclic amines) is 1. The van der Waals surface area contributed by atoms with Crippen LogP contribution < -0.4 is 0 Å². The van der Waals surface area contributed by atoms with E-state index >= 15 is 0 Å². The van der Waals surface area contributed by atoms with Crippen LogP contribution >= 0.6 is 15.9 Å². The Morgan fingerprint density at radius 3 is 2.89 bits per heavy atom. The number of benzene rings is 1. The fourth-order valence-electron chi connectivity index (χ4n) is 2.42. The predicted molar refractivity (Wildman–Crippen MR) is 74.8 cm³/mol. The number of rotatable bonds is 3. The lowest BCUT2D eigenvalue weighted by Crippen LogP contribution is -2.36. The van der Waals surface area contributed by atoms with Crippen molar-refractivity contribution < 1.29 is 9.90 Å². The first-order valence-electron chi connectivity index (χ1n) is 6.33. The molecule has 1 fully saturated rings. The van der Waals surface area contributed by atoms with E-state index in [1.807, 2.05) is 6.07 Å². The average molecular weight is 312 g/mol. The SMILES string of the molecule is C[C@H]1CCCCN1Cc1ccc(C(=O)O)cc1Br. The zero-order chi connectivity index (χ0) is 13.1. The molecule has 4 heteroatoms. The molecule has 1 aliphatic rings. The van der Waals surface area contributed by atoms with E-state index in [2.05, 4.69) is 27.8 Å². The van der Waals surface area contributed by atoms with E-state index in [4.69, 9.17) is 5.11 Å². The Labute approximate surface area is 116 Å². The molecule has 18 heavy (non-hydrogen) atoms. The molecule has 1 atom stereocenters. The summed E-state index contributed by atoms with van der Waals surface area (Å²) >= 11 is 3.47. The minimum absolute atomic E-state index is 0.331. The molecule has 0 aliphatic carbocycles. The first kappa shape index (κ1) is 13.6. The molecule has 1 saturated heterocycles. The molecule has 0 unspecified atom stereocenters. The number of hydrogen-bond donors (Lipinski definition) is 1. The Balaban J connectivity index is 2.11. The molecule has 0 aromatic heterocycles. The van der Waals surface area contributed by atoms with Crippen LogP contribution in [0.15, 0.2) is 22.7 Å². The van der Waals surface area contributed by atoms with Crippen LogP contribution in [-0.2, 0) is 6.54 Å². The Hall–Kier alpha value is -0.870. The van der Waals surface area contributed by atoms with Crippen molar-refractivity contribution in [3.8, 4) is 0 Å². The largest absolute Gasteiger partial charge is 0.478 e. The molecule has 0 amide bonds. The highest BCUT2D eigenvalue weighted by Gasteiger charge is 2.19. The van der Waals surface area contributed by atoms with E-state index in [9.17, 15) is 4.79 Å². The minimum Gasteiger partial charge on any atom is -0.478 e. The van der Waals surface area contributed by atoms with Crippen LogP contribution in [-0.4, -0.2) is 28.6 Å². The quantitative estimate of drug-likeness (QED) is 0.928. The van der Waals surface area contributed by atoms with E-state index < -0.39 is 5.97 Å². The molecule has 0 bridgehead atoms. The second-order valence-corrected chi connectivity index (χ2v) is 5.78. The van der Waals surface area contributed by atoms with Crippen molar-refractivity contribution in [3.05, 3.63) is 33.8 Å². The van der Waals surface area contributed by atoms with Gasteiger partial charge < -0.3 is 5.11 Å². The highest BCUT2D eigenvalue weighted by atomic mass is 79.9. The molecule has 3 nitrogen and oxygen atoms in total. The summed E-state index contributed by atoms with van der Waals surface area (Å²) in [5.74, 6) is -0.881. The zero-order valence-corrected chi connectivity index (χ0v) is 12.1. The molecule has 98 valence electrons. The Morgan fingerprint density at radius 2 is 2.28 bits per heavy atom. The Kier molecular flexibility index (Phi) is 4.40. The molecule has 0 radical (unpaired) electrons. The zero-order valence-electron chi connectivity index (χ0n) is 10.5. The van der Waals surface area contributed by atoms with Crippen LogP contribution in [0.25, 0.3) is 0 Å². The van der Waals surface area contributed by atoms with Gasteiger partial charge >= 0.3 is 5.97 Å². The molecule has 0 spiro atoms. The summed E-state index contributed by atoms with van der Waals surface area (Å²) in [6, 6.07) is 5.89. The third kappa shape index (κ3) is 3.12. The topological polar surface area (TPSA) is 40.5 Å². The molecule has 0 saturated carbocycles. The molecule has 1 aliphatic heterocycles. The number of carboxylic acids is 1. The Bertz CT molecular complexity index is 447. The van der Waals surface area contributed by atoms with Gasteiger partial charge in [0.2, 0.25) is 0 Å². The standard InChI is InChI=1S/C14H18BrNO2/c1-10-4-2-3-7-16(10)9-12-6-5-11(14(17)18)8-13(12)15/h5-6,8,10H,2-4,7,9H2,1H3,(H,17,18)/t10-/m0/s1. The van der Waals surface area contributed by atoms with Gasteiger partial charge in [-0.2, -0.15) is 0 Å². The normalized spacial score (nSPS) is 20.9. The van der Waals surface area contributed by atoms with Gasteiger partial charge in [-0.1, -0.05) is 28.4 Å². The van der Waals surface area contributed by atoms with Crippen molar-refractivity contribution in [2.75, 3.05) is 6.54 Å². The van der Waals surface area contributed by atoms with Gasteiger partial charge in [-0.05, 0) is 44.0 Å². The predicted octanol–water partition coefficient (Wildman–Crippen LogP) is 3.52. The van der Waals surface area contributed by atoms with Crippen molar-refractivity contribution in [1.29, 1.82) is 0 Å². The van der Waals surface area contributed by atoms with Gasteiger partial charge in [0.05, 0.1) is 5.56 Å². The molecule has 1 aromatic carbocycles. The molecule has 1 N–H and O–H groups in total. The summed E-state index contributed by atoms with van der Waals surface area (Å²) < 4.78 is 0.889. The number of carbonyl (C=O) groups is 1. The summed E-state index contributed by atoms with van der Waals surface area (Å²) in [5, 5.41) is 8.93. The lowest BCUT2D eigenvalue weighted by atomic mass is 10.0. The lowest BCUT2D eigenvalue weighted by Gasteiger charge is -2.33. The van der Waals surface area contributed by atoms with Crippen molar-refractivity contribution in [2.24, 2.45) is 0 Å². The first-order chi connectivity index (χ1) is 8.58. The van der Waals surface area contributed by atoms with Crippen molar-refractivity contribution in [2.45, 2.75) is 38.8 Å². The molecular formula is C14H18BrNO2. The van der Waals surface area contributed by atoms with Crippen LogP contribution in [0.4, 0.5) is 0 Å². The second-order valence-electron chi connectivity index (χ2n) is 4.93. The summed E-state index contributed by atoms with van der Waals surface area (Å²) in [4.78, 5) is 13.3. The number of nitrogens with zero attached hydrogens (tertiary/aromatic N) is 1. The van der Waals surface area contributed by atoms with Gasteiger partial charge in [0.1, 0.15) is 0 Å². The van der Waals surface area contributed by atoms with E-state index in [0.29, 0.717) is 11.6 Å². The molecule has 1 heterocycles. The van der Waals surface area contributed by atoms with Crippen molar-refractivity contribution >= 4 is 21.9 Å². The number of halogens is 1. The third-order valence-electron chi connectivity index (χ3n) is 3.61. The first-order valence-corrected chi connectivity index (χ1v) is 7.13. The smallest absolute Gasteiger partial charge is 0.335 e. The third-order valence-corrected chi connectivity index (χ3v) is 4.35. The van der Waals surface area contributed by atoms with Gasteiger partial charge in [-0.3, -0.25) is 4.90 Å². The number of hydrogen-bond acceptors (Lipinski definition) is 2. The van der Waals surface area contributed by atoms with Crippen LogP contribution in [0.3, 0.4) is 0 Å². The number of piperidine rings is 1. The van der Waals surface area contributed by atoms with Crippen LogP contribution in [0, 0.1) is 0 Å². The lowest BCUT2D eigenvalue weighted by molar-refractivity contribution is 0.0696. The summed E-state index contributed by atoms with van der Waals surface area (Å²) in [6.45, 7) is 4.29. The van der Waals surface area contributed by atoms with Crippen molar-refractivity contribution in [1.82, 2.24) is 4.90 Å². The fraction of sp³-hybridized carbons (Fsp3) is 0.500. The molecule has 2 rings (SSSR count). The summed E-state index contributed by atoms with van der Waals surface area (Å²) in [6.07, 6.45) is 3.83. The Morgan fingerprint density at radius 1 is 1.50 bits per heavy atom. The highest BCUT2D eigenvalue weighted by molar-refractivity contribution is 9.10. The van der Waals surface area contributed by atoms with Gasteiger partial charge in [-0.25, -0.2) is 4.79 Å². The van der Waals surface area contributed by atoms with E-state index in [0.717, 1.165) is 23.1 Å². The van der Waals surface area contributed by atoms with Gasteiger partial charge in [0.15, 0.2) is 0 Å². The number of carboxylic acid groups (broad SMARTS) is 1. The average Bonchev–Trinajstić information content (AvgIpc) is 2.34. The molecule has 1 aromatic rings. The fourth-order valence-corrected chi connectivity index (χ4v) is 2.92. The van der Waals surface area contributed by atoms with E-state index in [1.165, 1.54) is 19.3 Å². The van der Waals surface area contributed by atoms with Crippen LogP contribution in [0.1, 0.15) is 42.1 Å². The van der Waals surface area contributed by atoms with E-state index in [1.54, 1.807) is 12.1 Å². The molecular weight excluding hydrogens is 294 g/mol. The maximum absolute atomic E-state index is 10.9. The van der Waals surface area contributed by atoms with Gasteiger partial charge in [-0.15, -0.1) is 0 Å². The van der Waals surface area contributed by atoms with Gasteiger partial charge in [0, 0.05) is 17.1 Å². The maximum atomic E-state index is 10.9. The van der Waals surface area contributed by atoms with E-state index in [-0.39, 0.29) is 0 Å².